The van der Waals surface area contributed by atoms with Crippen molar-refractivity contribution in [3.05, 3.63) is 101 Å². The molecular formula is C37H42FN4O7P. The maximum Gasteiger partial charge on any atom is 0.335 e. The van der Waals surface area contributed by atoms with Crippen LogP contribution in [0.3, 0.4) is 0 Å². The van der Waals surface area contributed by atoms with Crippen molar-refractivity contribution in [1.29, 1.82) is 0 Å². The lowest BCUT2D eigenvalue weighted by molar-refractivity contribution is -0.150. The second-order valence-corrected chi connectivity index (χ2v) is 13.5. The first-order valence-corrected chi connectivity index (χ1v) is 17.9. The fourth-order valence-corrected chi connectivity index (χ4v) is 7.36. The summed E-state index contributed by atoms with van der Waals surface area (Å²) in [6, 6.07) is 18.9. The Kier molecular flexibility index (Phi) is 12.8. The first-order chi connectivity index (χ1) is 24.2. The number of ether oxygens (including phenoxy) is 1. The summed E-state index contributed by atoms with van der Waals surface area (Å²) in [5.41, 5.74) is 1.80. The maximum atomic E-state index is 14.3. The van der Waals surface area contributed by atoms with Crippen LogP contribution < -0.4 is 4.52 Å². The second-order valence-electron chi connectivity index (χ2n) is 12.0. The third-order valence-corrected chi connectivity index (χ3v) is 9.94. The molecule has 1 N–H and O–H groups in total. The third-order valence-electron chi connectivity index (χ3n) is 8.41. The number of phenols is 1. The van der Waals surface area contributed by atoms with Crippen molar-refractivity contribution in [2.45, 2.75) is 33.0 Å². The van der Waals surface area contributed by atoms with E-state index in [9.17, 15) is 23.9 Å². The fourth-order valence-electron chi connectivity index (χ4n) is 5.88. The van der Waals surface area contributed by atoms with Gasteiger partial charge in [0.05, 0.1) is 17.7 Å². The van der Waals surface area contributed by atoms with Crippen LogP contribution in [0.25, 0.3) is 10.9 Å². The average Bonchev–Trinajstić information content (AvgIpc) is 3.12. The number of halogens is 1. The smallest absolute Gasteiger partial charge is 0.335 e. The number of hydrogen-bond acceptors (Lipinski definition) is 10. The van der Waals surface area contributed by atoms with E-state index >= 15 is 0 Å². The zero-order chi connectivity index (χ0) is 35.6. The molecule has 0 aliphatic carbocycles. The van der Waals surface area contributed by atoms with Crippen LogP contribution in [0.4, 0.5) is 4.39 Å². The van der Waals surface area contributed by atoms with Gasteiger partial charge in [0.15, 0.2) is 18.1 Å². The number of piperazine rings is 1. The number of hydrogen-bond donors (Lipinski definition) is 1. The molecule has 50 heavy (non-hydrogen) atoms. The molecule has 1 fully saturated rings. The number of aromatic hydroxyl groups is 1. The Hall–Kier alpha value is -4.48. The van der Waals surface area contributed by atoms with Gasteiger partial charge in [0.2, 0.25) is 8.38 Å². The first kappa shape index (κ1) is 36.8. The number of benzene rings is 3. The van der Waals surface area contributed by atoms with E-state index in [2.05, 4.69) is 9.88 Å². The number of aldehydes is 1. The Morgan fingerprint density at radius 1 is 1.04 bits per heavy atom. The fraction of sp³-hybridized carbons (Fsp3) is 0.351. The van der Waals surface area contributed by atoms with E-state index in [1.165, 1.54) is 18.3 Å². The number of phenolic OH excluding ortho intramolecular Hbond substituents is 1. The molecule has 0 saturated carbocycles. The molecule has 0 spiro atoms. The van der Waals surface area contributed by atoms with Crippen molar-refractivity contribution in [2.24, 2.45) is 0 Å². The van der Waals surface area contributed by atoms with Gasteiger partial charge in [-0.15, -0.1) is 0 Å². The molecule has 2 heterocycles. The lowest BCUT2D eigenvalue weighted by Gasteiger charge is -2.36. The van der Waals surface area contributed by atoms with Crippen LogP contribution in [-0.4, -0.2) is 102 Å². The Bertz CT molecular complexity index is 1770. The van der Waals surface area contributed by atoms with Gasteiger partial charge in [-0.3, -0.25) is 24.4 Å². The Morgan fingerprint density at radius 3 is 2.44 bits per heavy atom. The third kappa shape index (κ3) is 9.19. The molecule has 2 unspecified atom stereocenters. The monoisotopic (exact) mass is 704 g/mol. The summed E-state index contributed by atoms with van der Waals surface area (Å²) in [6.07, 6.45) is 1.83. The molecule has 1 amide bonds. The second kappa shape index (κ2) is 17.4. The zero-order valence-electron chi connectivity index (χ0n) is 28.5. The molecule has 1 aromatic heterocycles. The molecule has 0 bridgehead atoms. The summed E-state index contributed by atoms with van der Waals surface area (Å²) in [5, 5.41) is 11.6. The summed E-state index contributed by atoms with van der Waals surface area (Å²) in [4.78, 5) is 49.2. The minimum Gasteiger partial charge on any atom is -0.505 e. The van der Waals surface area contributed by atoms with Gasteiger partial charge in [-0.1, -0.05) is 36.4 Å². The van der Waals surface area contributed by atoms with Crippen molar-refractivity contribution >= 4 is 37.4 Å². The molecule has 3 aromatic carbocycles. The highest BCUT2D eigenvalue weighted by molar-refractivity contribution is 7.47. The number of esters is 1. The number of amides is 1. The highest BCUT2D eigenvalue weighted by Crippen LogP contribution is 2.41. The number of pyridine rings is 1. The molecule has 5 rings (SSSR count). The molecule has 2 atom stereocenters. The number of aromatic nitrogens is 1. The van der Waals surface area contributed by atoms with E-state index in [-0.39, 0.29) is 41.7 Å². The predicted molar refractivity (Wildman–Crippen MR) is 189 cm³/mol. The molecular weight excluding hydrogens is 662 g/mol. The molecule has 4 aromatic rings. The van der Waals surface area contributed by atoms with Crippen LogP contribution in [-0.2, 0) is 27.1 Å². The van der Waals surface area contributed by atoms with Gasteiger partial charge < -0.3 is 23.8 Å². The van der Waals surface area contributed by atoms with E-state index in [1.54, 1.807) is 43.0 Å². The van der Waals surface area contributed by atoms with Gasteiger partial charge in [-0.05, 0) is 62.4 Å². The Balaban J connectivity index is 1.30. The van der Waals surface area contributed by atoms with Gasteiger partial charge in [0.25, 0.3) is 5.91 Å². The average molecular weight is 705 g/mol. The summed E-state index contributed by atoms with van der Waals surface area (Å²) in [7, 11) is 0.360. The number of para-hydroxylation sites is 1. The van der Waals surface area contributed by atoms with Crippen molar-refractivity contribution in [1.82, 2.24) is 19.7 Å². The van der Waals surface area contributed by atoms with Gasteiger partial charge >= 0.3 is 5.97 Å². The molecule has 1 aliphatic heterocycles. The van der Waals surface area contributed by atoms with Crippen molar-refractivity contribution in [2.75, 3.05) is 52.5 Å². The molecule has 11 nitrogen and oxygen atoms in total. The number of nitrogens with zero attached hydrogens (tertiary/aromatic N) is 4. The van der Waals surface area contributed by atoms with Gasteiger partial charge in [0, 0.05) is 63.6 Å². The molecule has 264 valence electrons. The van der Waals surface area contributed by atoms with E-state index in [4.69, 9.17) is 13.8 Å². The summed E-state index contributed by atoms with van der Waals surface area (Å²) in [6.45, 7) is 6.92. The van der Waals surface area contributed by atoms with Crippen LogP contribution in [0.2, 0.25) is 0 Å². The largest absolute Gasteiger partial charge is 0.505 e. The predicted octanol–water partition coefficient (Wildman–Crippen LogP) is 5.64. The van der Waals surface area contributed by atoms with E-state index in [0.29, 0.717) is 74.0 Å². The number of carbonyl (C=O) groups is 3. The Morgan fingerprint density at radius 2 is 1.76 bits per heavy atom. The molecule has 1 aliphatic rings. The van der Waals surface area contributed by atoms with Crippen LogP contribution in [0.15, 0.2) is 72.9 Å². The highest BCUT2D eigenvalue weighted by atomic mass is 31.2. The normalized spacial score (nSPS) is 14.8. The maximum absolute atomic E-state index is 14.3. The quantitative estimate of drug-likeness (QED) is 0.0946. The van der Waals surface area contributed by atoms with Crippen molar-refractivity contribution in [3.63, 3.8) is 0 Å². The number of fused-ring (bicyclic) bond motifs is 1. The molecule has 1 saturated heterocycles. The van der Waals surface area contributed by atoms with Crippen LogP contribution in [0, 0.1) is 5.82 Å². The standard InChI is InChI=1S/C37H42FN4O7P/c1-4-47-37(46)26(2)48-50(49-29-9-6-5-7-10-29)22-21-41-17-19-42(20-18-41)36(45)33-30-11-8-16-39-34(30)35(44)32(25-43)31(33)24-40(3)23-27-12-14-28(38)15-13-27/h5-16,25-26,44H,4,17-24H2,1-3H3. The van der Waals surface area contributed by atoms with Crippen molar-refractivity contribution in [3.8, 4) is 11.5 Å². The van der Waals surface area contributed by atoms with Gasteiger partial charge in [-0.2, -0.15) is 0 Å². The van der Waals surface area contributed by atoms with Gasteiger partial charge in [-0.25, -0.2) is 9.18 Å². The first-order valence-electron chi connectivity index (χ1n) is 16.5. The topological polar surface area (TPSA) is 122 Å². The summed E-state index contributed by atoms with van der Waals surface area (Å²) < 4.78 is 30.8. The summed E-state index contributed by atoms with van der Waals surface area (Å²) in [5.74, 6) is -0.653. The Labute approximate surface area is 292 Å². The summed E-state index contributed by atoms with van der Waals surface area (Å²) >= 11 is 0. The highest BCUT2D eigenvalue weighted by Gasteiger charge is 2.30. The zero-order valence-corrected chi connectivity index (χ0v) is 29.4. The van der Waals surface area contributed by atoms with E-state index in [0.717, 1.165) is 5.56 Å². The molecule has 0 radical (unpaired) electrons. The minimum absolute atomic E-state index is 0.0213. The van der Waals surface area contributed by atoms with Crippen LogP contribution in [0.1, 0.15) is 45.7 Å². The SMILES string of the molecule is CCOC(=O)C(C)OP(CCN1CCN(C(=O)c2c(CN(C)Cc3ccc(F)cc3)c(C=O)c(O)c3ncccc23)CC1)Oc1ccccc1. The minimum atomic E-state index is -1.48. The van der Waals surface area contributed by atoms with Crippen molar-refractivity contribution < 1.29 is 37.7 Å². The lowest BCUT2D eigenvalue weighted by atomic mass is 9.93. The molecule has 13 heteroatoms. The van der Waals surface area contributed by atoms with E-state index in [1.807, 2.05) is 42.3 Å². The lowest BCUT2D eigenvalue weighted by Crippen LogP contribution is -2.49. The van der Waals surface area contributed by atoms with Crippen LogP contribution in [0.5, 0.6) is 11.5 Å². The van der Waals surface area contributed by atoms with Crippen LogP contribution >= 0.6 is 8.38 Å². The van der Waals surface area contributed by atoms with E-state index < -0.39 is 20.4 Å². The van der Waals surface area contributed by atoms with Gasteiger partial charge in [0.1, 0.15) is 17.1 Å². The number of carbonyl (C=O) groups excluding carboxylic acids is 3. The number of rotatable bonds is 15.